The molecule has 4 amide bonds. The Morgan fingerprint density at radius 3 is 2.67 bits per heavy atom. The number of rotatable bonds is 5. The van der Waals surface area contributed by atoms with Gasteiger partial charge in [0.05, 0.1) is 6.54 Å². The lowest BCUT2D eigenvalue weighted by Crippen LogP contribution is -2.60. The van der Waals surface area contributed by atoms with Crippen LogP contribution < -0.4 is 21.3 Å². The number of carbonyl (C=O) groups is 3. The van der Waals surface area contributed by atoms with Crippen molar-refractivity contribution in [2.24, 2.45) is 0 Å². The maximum absolute atomic E-state index is 12.0. The van der Waals surface area contributed by atoms with E-state index in [1.54, 1.807) is 4.90 Å². The van der Waals surface area contributed by atoms with Crippen LogP contribution >= 0.6 is 0 Å². The third-order valence-electron chi connectivity index (χ3n) is 3.03. The van der Waals surface area contributed by atoms with Gasteiger partial charge in [0.1, 0.15) is 6.04 Å². The molecule has 0 aliphatic carbocycles. The molecule has 1 saturated heterocycles. The van der Waals surface area contributed by atoms with Crippen LogP contribution in [0.2, 0.25) is 0 Å². The molecule has 0 radical (unpaired) electrons. The number of carbonyl (C=O) groups excluding carboxylic acids is 3. The lowest BCUT2D eigenvalue weighted by molar-refractivity contribution is -0.129. The minimum atomic E-state index is -0.514. The fourth-order valence-corrected chi connectivity index (χ4v) is 2.14. The maximum Gasteiger partial charge on any atom is 0.321 e. The quantitative estimate of drug-likeness (QED) is 0.502. The fourth-order valence-electron chi connectivity index (χ4n) is 2.14. The van der Waals surface area contributed by atoms with Gasteiger partial charge in [0.15, 0.2) is 0 Å². The van der Waals surface area contributed by atoms with Gasteiger partial charge in [0, 0.05) is 32.2 Å². The zero-order chi connectivity index (χ0) is 15.8. The Balaban J connectivity index is 2.51. The van der Waals surface area contributed by atoms with Crippen LogP contribution in [-0.4, -0.2) is 67.6 Å². The lowest BCUT2D eigenvalue weighted by Gasteiger charge is -2.34. The van der Waals surface area contributed by atoms with E-state index in [0.29, 0.717) is 26.2 Å². The molecule has 0 aromatic rings. The minimum Gasteiger partial charge on any atom is -0.355 e. The number of piperazine rings is 1. The van der Waals surface area contributed by atoms with E-state index >= 15 is 0 Å². The third-order valence-corrected chi connectivity index (χ3v) is 3.03. The van der Waals surface area contributed by atoms with Crippen molar-refractivity contribution < 1.29 is 14.4 Å². The van der Waals surface area contributed by atoms with Crippen molar-refractivity contribution in [3.8, 4) is 0 Å². The van der Waals surface area contributed by atoms with Crippen LogP contribution in [0.3, 0.4) is 0 Å². The molecule has 0 aromatic heterocycles. The lowest BCUT2D eigenvalue weighted by atomic mass is 10.1. The molecule has 21 heavy (non-hydrogen) atoms. The Kier molecular flexibility index (Phi) is 7.10. The largest absolute Gasteiger partial charge is 0.355 e. The Morgan fingerprint density at radius 2 is 2.05 bits per heavy atom. The summed E-state index contributed by atoms with van der Waals surface area (Å²) < 4.78 is 0. The van der Waals surface area contributed by atoms with Crippen LogP contribution in [0.4, 0.5) is 4.79 Å². The van der Waals surface area contributed by atoms with E-state index in [2.05, 4.69) is 21.3 Å². The van der Waals surface area contributed by atoms with Crippen LogP contribution in [0.15, 0.2) is 0 Å². The van der Waals surface area contributed by atoms with Crippen molar-refractivity contribution >= 4 is 17.8 Å². The monoisotopic (exact) mass is 299 g/mol. The first-order valence-corrected chi connectivity index (χ1v) is 7.26. The Labute approximate surface area is 125 Å². The summed E-state index contributed by atoms with van der Waals surface area (Å²) in [7, 11) is 0. The molecular weight excluding hydrogens is 274 g/mol. The fraction of sp³-hybridized carbons (Fsp3) is 0.769. The van der Waals surface area contributed by atoms with E-state index in [4.69, 9.17) is 0 Å². The number of amides is 4. The molecule has 1 aliphatic rings. The normalized spacial score (nSPS) is 19.1. The van der Waals surface area contributed by atoms with Gasteiger partial charge in [-0.25, -0.2) is 4.79 Å². The summed E-state index contributed by atoms with van der Waals surface area (Å²) in [4.78, 5) is 37.1. The van der Waals surface area contributed by atoms with Crippen LogP contribution in [0.5, 0.6) is 0 Å². The van der Waals surface area contributed by atoms with Gasteiger partial charge in [-0.1, -0.05) is 0 Å². The molecule has 8 heteroatoms. The molecule has 4 N–H and O–H groups in total. The number of urea groups is 1. The van der Waals surface area contributed by atoms with E-state index < -0.39 is 18.0 Å². The average molecular weight is 299 g/mol. The molecule has 0 bridgehead atoms. The van der Waals surface area contributed by atoms with Gasteiger partial charge in [0.2, 0.25) is 11.8 Å². The summed E-state index contributed by atoms with van der Waals surface area (Å²) >= 11 is 0. The van der Waals surface area contributed by atoms with Gasteiger partial charge in [-0.2, -0.15) is 0 Å². The molecule has 1 aliphatic heterocycles. The molecule has 1 unspecified atom stereocenters. The summed E-state index contributed by atoms with van der Waals surface area (Å²) in [6.45, 7) is 7.83. The van der Waals surface area contributed by atoms with Gasteiger partial charge >= 0.3 is 6.03 Å². The predicted molar refractivity (Wildman–Crippen MR) is 78.7 cm³/mol. The van der Waals surface area contributed by atoms with E-state index in [-0.39, 0.29) is 18.5 Å². The van der Waals surface area contributed by atoms with Crippen LogP contribution in [-0.2, 0) is 9.59 Å². The average Bonchev–Trinajstić information content (AvgIpc) is 2.38. The molecule has 1 rings (SSSR count). The van der Waals surface area contributed by atoms with Crippen molar-refractivity contribution in [3.05, 3.63) is 0 Å². The predicted octanol–water partition coefficient (Wildman–Crippen LogP) is -1.37. The third kappa shape index (κ3) is 6.09. The number of hydrogen-bond acceptors (Lipinski definition) is 5. The van der Waals surface area contributed by atoms with Crippen molar-refractivity contribution in [3.63, 3.8) is 0 Å². The SMILES string of the molecule is CCNC(=O)C1CNCCN1CC(=O)NC(=O)NC(C)C. The molecule has 1 atom stereocenters. The standard InChI is InChI=1S/C13H25N5O3/c1-4-15-12(20)10-7-14-5-6-18(10)8-11(19)17-13(21)16-9(2)3/h9-10,14H,4-8H2,1-3H3,(H,15,20)(H2,16,17,19,21). The molecule has 8 nitrogen and oxygen atoms in total. The van der Waals surface area contributed by atoms with E-state index in [1.807, 2.05) is 20.8 Å². The summed E-state index contributed by atoms with van der Waals surface area (Å²) in [6.07, 6.45) is 0. The second-order valence-corrected chi connectivity index (χ2v) is 5.26. The highest BCUT2D eigenvalue weighted by atomic mass is 16.2. The second-order valence-electron chi connectivity index (χ2n) is 5.26. The highest BCUT2D eigenvalue weighted by Gasteiger charge is 2.29. The minimum absolute atomic E-state index is 0.0228. The van der Waals surface area contributed by atoms with Crippen molar-refractivity contribution in [2.75, 3.05) is 32.7 Å². The summed E-state index contributed by atoms with van der Waals surface area (Å²) in [6, 6.07) is -0.947. The topological polar surface area (TPSA) is 103 Å². The van der Waals surface area contributed by atoms with Crippen molar-refractivity contribution in [1.82, 2.24) is 26.2 Å². The Hall–Kier alpha value is -1.67. The molecule has 1 heterocycles. The van der Waals surface area contributed by atoms with Gasteiger partial charge in [-0.15, -0.1) is 0 Å². The van der Waals surface area contributed by atoms with Crippen LogP contribution in [0, 0.1) is 0 Å². The van der Waals surface area contributed by atoms with Gasteiger partial charge in [-0.05, 0) is 20.8 Å². The molecule has 0 spiro atoms. The molecule has 120 valence electrons. The van der Waals surface area contributed by atoms with Crippen LogP contribution in [0.1, 0.15) is 20.8 Å². The first kappa shape index (κ1) is 17.4. The van der Waals surface area contributed by atoms with Gasteiger partial charge in [0.25, 0.3) is 0 Å². The summed E-state index contributed by atoms with van der Waals surface area (Å²) in [5.74, 6) is -0.520. The highest BCUT2D eigenvalue weighted by molar-refractivity contribution is 5.95. The van der Waals surface area contributed by atoms with Gasteiger partial charge < -0.3 is 16.0 Å². The molecule has 0 saturated carbocycles. The zero-order valence-corrected chi connectivity index (χ0v) is 12.9. The first-order chi connectivity index (χ1) is 9.93. The smallest absolute Gasteiger partial charge is 0.321 e. The number of nitrogens with one attached hydrogen (secondary N) is 4. The Bertz CT molecular complexity index is 386. The summed E-state index contributed by atoms with van der Waals surface area (Å²) in [5.41, 5.74) is 0. The molecule has 0 aromatic carbocycles. The number of nitrogens with zero attached hydrogens (tertiary/aromatic N) is 1. The van der Waals surface area contributed by atoms with Crippen molar-refractivity contribution in [1.29, 1.82) is 0 Å². The number of imide groups is 1. The number of likely N-dealkylation sites (N-methyl/N-ethyl adjacent to an activating group) is 1. The van der Waals surface area contributed by atoms with Gasteiger partial charge in [-0.3, -0.25) is 19.8 Å². The van der Waals surface area contributed by atoms with E-state index in [9.17, 15) is 14.4 Å². The van der Waals surface area contributed by atoms with E-state index in [0.717, 1.165) is 0 Å². The Morgan fingerprint density at radius 1 is 1.33 bits per heavy atom. The van der Waals surface area contributed by atoms with Crippen LogP contribution in [0.25, 0.3) is 0 Å². The zero-order valence-electron chi connectivity index (χ0n) is 12.9. The summed E-state index contributed by atoms with van der Waals surface area (Å²) in [5, 5.41) is 10.7. The highest BCUT2D eigenvalue weighted by Crippen LogP contribution is 2.03. The second kappa shape index (κ2) is 8.58. The molecule has 1 fully saturated rings. The van der Waals surface area contributed by atoms with E-state index in [1.165, 1.54) is 0 Å². The number of hydrogen-bond donors (Lipinski definition) is 4. The first-order valence-electron chi connectivity index (χ1n) is 7.26. The maximum atomic E-state index is 12.0. The van der Waals surface area contributed by atoms with Crippen molar-refractivity contribution in [2.45, 2.75) is 32.9 Å². The molecular formula is C13H25N5O3.